The average molecular weight is 645 g/mol. The van der Waals surface area contributed by atoms with Crippen molar-refractivity contribution in [2.24, 2.45) is 50.7 Å². The second kappa shape index (κ2) is 10.5. The van der Waals surface area contributed by atoms with E-state index >= 15 is 0 Å². The monoisotopic (exact) mass is 644 g/mol. The van der Waals surface area contributed by atoms with Gasteiger partial charge in [0.2, 0.25) is 0 Å². The van der Waals surface area contributed by atoms with E-state index in [0.717, 1.165) is 51.6 Å². The molecule has 8 nitrogen and oxygen atoms in total. The molecule has 13 atom stereocenters. The number of rotatable bonds is 6. The van der Waals surface area contributed by atoms with Crippen LogP contribution < -0.4 is 0 Å². The summed E-state index contributed by atoms with van der Waals surface area (Å²) in [4.78, 5) is 17.3. The lowest BCUT2D eigenvalue weighted by Gasteiger charge is -2.63. The van der Waals surface area contributed by atoms with Crippen LogP contribution in [-0.2, 0) is 14.2 Å². The van der Waals surface area contributed by atoms with Gasteiger partial charge in [0.1, 0.15) is 12.2 Å². The molecule has 46 heavy (non-hydrogen) atoms. The van der Waals surface area contributed by atoms with Crippen LogP contribution in [0.2, 0.25) is 0 Å². The minimum atomic E-state index is -1.02. The van der Waals surface area contributed by atoms with Gasteiger partial charge in [0.15, 0.2) is 0 Å². The highest BCUT2D eigenvalue weighted by molar-refractivity contribution is 5.68. The Balaban J connectivity index is 1.13. The van der Waals surface area contributed by atoms with Gasteiger partial charge in [-0.1, -0.05) is 34.6 Å². The summed E-state index contributed by atoms with van der Waals surface area (Å²) in [5, 5.41) is 23.6. The summed E-state index contributed by atoms with van der Waals surface area (Å²) >= 11 is 0. The summed E-state index contributed by atoms with van der Waals surface area (Å²) in [6.07, 6.45) is 7.11. The fraction of sp³-hybridized carbons (Fsp3) is 0.974. The predicted molar refractivity (Wildman–Crippen MR) is 177 cm³/mol. The molecular formula is C38H64N2O6. The summed E-state index contributed by atoms with van der Waals surface area (Å²) in [5.41, 5.74) is -0.823. The van der Waals surface area contributed by atoms with Crippen LogP contribution in [0.25, 0.3) is 0 Å². The number of carbonyl (C=O) groups excluding carboxylic acids is 1. The number of carbonyl (C=O) groups is 1. The molecule has 5 saturated carbocycles. The lowest BCUT2D eigenvalue weighted by Crippen LogP contribution is -2.61. The van der Waals surface area contributed by atoms with E-state index in [9.17, 15) is 15.0 Å². The summed E-state index contributed by atoms with van der Waals surface area (Å²) in [6.45, 7) is 20.0. The molecule has 0 bridgehead atoms. The fourth-order valence-electron chi connectivity index (χ4n) is 13.9. The predicted octanol–water partition coefficient (Wildman–Crippen LogP) is 5.73. The van der Waals surface area contributed by atoms with Crippen molar-refractivity contribution in [2.75, 3.05) is 33.8 Å². The number of hydrogen-bond donors (Lipinski definition) is 2. The highest BCUT2D eigenvalue weighted by atomic mass is 16.6. The second-order valence-electron chi connectivity index (χ2n) is 18.9. The molecular weight excluding hydrogens is 580 g/mol. The molecule has 8 heteroatoms. The van der Waals surface area contributed by atoms with Crippen molar-refractivity contribution in [1.82, 2.24) is 9.80 Å². The number of likely N-dealkylation sites (tertiary alicyclic amines) is 1. The largest absolute Gasteiger partial charge is 0.446 e. The Labute approximate surface area is 278 Å². The van der Waals surface area contributed by atoms with Crippen LogP contribution in [0.3, 0.4) is 0 Å². The zero-order valence-electron chi connectivity index (χ0n) is 30.5. The van der Waals surface area contributed by atoms with Crippen molar-refractivity contribution in [1.29, 1.82) is 0 Å². The maximum Gasteiger partial charge on any atom is 0.410 e. The van der Waals surface area contributed by atoms with Crippen molar-refractivity contribution in [3.63, 3.8) is 0 Å². The van der Waals surface area contributed by atoms with Crippen LogP contribution in [0, 0.1) is 50.7 Å². The summed E-state index contributed by atoms with van der Waals surface area (Å²) in [5.74, 6) is 1.64. The Morgan fingerprint density at radius 1 is 1.07 bits per heavy atom. The number of aliphatic hydroxyl groups is 2. The molecule has 2 saturated heterocycles. The van der Waals surface area contributed by atoms with Gasteiger partial charge in [-0.15, -0.1) is 0 Å². The van der Waals surface area contributed by atoms with Crippen LogP contribution >= 0.6 is 0 Å². The normalized spacial score (nSPS) is 50.2. The molecule has 5 aliphatic carbocycles. The standard InChI is InChI=1S/C38H64N2O6/c1-11-44-31(34(5,6)43)24-18-22(2)28-29(45-24)30(41)36(8)26-13-12-25-33(3,4)27(46-32(42)40(10)23-19-39(9)20-23)14-15-37(25)21-38(26,37)17-16-35(28,36)7/h22-31,41,43H,11-21H2,1-10H3/t22-,24?,25+,26?,27+,28+,29?,30+,31+,35-,36-,37-,38+/m1/s1. The first-order chi connectivity index (χ1) is 21.4. The Kier molecular flexibility index (Phi) is 7.69. The Morgan fingerprint density at radius 3 is 2.35 bits per heavy atom. The lowest BCUT2D eigenvalue weighted by atomic mass is 9.41. The van der Waals surface area contributed by atoms with Gasteiger partial charge in [0.25, 0.3) is 0 Å². The minimum Gasteiger partial charge on any atom is -0.446 e. The molecule has 2 heterocycles. The van der Waals surface area contributed by atoms with E-state index in [1.807, 2.05) is 32.7 Å². The quantitative estimate of drug-likeness (QED) is 0.382. The minimum absolute atomic E-state index is 0.00766. The maximum atomic E-state index is 13.3. The lowest BCUT2D eigenvalue weighted by molar-refractivity contribution is -0.215. The third-order valence-corrected chi connectivity index (χ3v) is 16.3. The molecule has 0 radical (unpaired) electrons. The van der Waals surface area contributed by atoms with Crippen LogP contribution in [0.1, 0.15) is 107 Å². The number of amides is 1. The molecule has 7 fully saturated rings. The molecule has 262 valence electrons. The molecule has 2 aliphatic heterocycles. The van der Waals surface area contributed by atoms with E-state index < -0.39 is 17.8 Å². The van der Waals surface area contributed by atoms with Gasteiger partial charge in [-0.05, 0) is 119 Å². The SMILES string of the molecule is CCO[C@@H](C1C[C@@H](C)[C@H]2C(O1)[C@H](O)[C@@]1(C)C3CC[C@H]4C(C)(C)[C@@H](OC(=O)N(C)C5CN(C)C5)CC[C@@]45C[C@@]35CC[C@]21C)C(C)(C)O. The van der Waals surface area contributed by atoms with Crippen LogP contribution in [0.5, 0.6) is 0 Å². The van der Waals surface area contributed by atoms with Crippen molar-refractivity contribution in [2.45, 2.75) is 149 Å². The summed E-state index contributed by atoms with van der Waals surface area (Å²) in [7, 11) is 3.99. The van der Waals surface area contributed by atoms with Gasteiger partial charge < -0.3 is 34.2 Å². The number of fused-ring (bicyclic) bond motifs is 4. The second-order valence-corrected chi connectivity index (χ2v) is 18.9. The van der Waals surface area contributed by atoms with E-state index in [1.54, 1.807) is 0 Å². The maximum absolute atomic E-state index is 13.3. The highest BCUT2D eigenvalue weighted by Gasteiger charge is 2.84. The van der Waals surface area contributed by atoms with Crippen molar-refractivity contribution in [3.8, 4) is 0 Å². The topological polar surface area (TPSA) is 91.7 Å². The van der Waals surface area contributed by atoms with Crippen LogP contribution in [0.15, 0.2) is 0 Å². The van der Waals surface area contributed by atoms with Gasteiger partial charge in [-0.25, -0.2) is 4.79 Å². The molecule has 0 aromatic carbocycles. The van der Waals surface area contributed by atoms with Gasteiger partial charge in [0, 0.05) is 37.6 Å². The Hall–Kier alpha value is -0.930. The third kappa shape index (κ3) is 4.24. The van der Waals surface area contributed by atoms with E-state index in [4.69, 9.17) is 14.2 Å². The highest BCUT2D eigenvalue weighted by Crippen LogP contribution is 2.89. The first-order valence-corrected chi connectivity index (χ1v) is 18.7. The molecule has 2 N–H and O–H groups in total. The van der Waals surface area contributed by atoms with E-state index in [0.29, 0.717) is 24.4 Å². The third-order valence-electron chi connectivity index (χ3n) is 16.3. The molecule has 0 aromatic rings. The van der Waals surface area contributed by atoms with Crippen LogP contribution in [0.4, 0.5) is 4.79 Å². The van der Waals surface area contributed by atoms with Crippen molar-refractivity contribution >= 4 is 6.09 Å². The van der Waals surface area contributed by atoms with Crippen molar-refractivity contribution < 1.29 is 29.2 Å². The molecule has 2 spiro atoms. The zero-order valence-corrected chi connectivity index (χ0v) is 30.5. The average Bonchev–Trinajstić information content (AvgIpc) is 3.59. The molecule has 0 aromatic heterocycles. The summed E-state index contributed by atoms with van der Waals surface area (Å²) in [6, 6.07) is 0.249. The molecule has 7 aliphatic rings. The van der Waals surface area contributed by atoms with Gasteiger partial charge >= 0.3 is 6.09 Å². The van der Waals surface area contributed by atoms with Gasteiger partial charge in [-0.3, -0.25) is 0 Å². The van der Waals surface area contributed by atoms with Crippen LogP contribution in [-0.4, -0.2) is 102 Å². The molecule has 7 rings (SSSR count). The van der Waals surface area contributed by atoms with E-state index in [1.165, 1.54) is 12.8 Å². The van der Waals surface area contributed by atoms with Crippen molar-refractivity contribution in [3.05, 3.63) is 0 Å². The smallest absolute Gasteiger partial charge is 0.410 e. The number of likely N-dealkylation sites (N-methyl/N-ethyl adjacent to an activating group) is 2. The summed E-state index contributed by atoms with van der Waals surface area (Å²) < 4.78 is 19.4. The van der Waals surface area contributed by atoms with E-state index in [-0.39, 0.29) is 63.4 Å². The van der Waals surface area contributed by atoms with Gasteiger partial charge in [-0.2, -0.15) is 0 Å². The Bertz CT molecular complexity index is 1210. The van der Waals surface area contributed by atoms with E-state index in [2.05, 4.69) is 46.6 Å². The fourth-order valence-corrected chi connectivity index (χ4v) is 13.9. The Morgan fingerprint density at radius 2 is 1.72 bits per heavy atom. The number of aliphatic hydroxyl groups excluding tert-OH is 1. The number of ether oxygens (including phenoxy) is 3. The zero-order chi connectivity index (χ0) is 33.4. The molecule has 1 amide bonds. The van der Waals surface area contributed by atoms with Gasteiger partial charge in [0.05, 0.1) is 30.0 Å². The molecule has 3 unspecified atom stereocenters. The first kappa shape index (κ1) is 33.6. The number of nitrogens with zero attached hydrogens (tertiary/aromatic N) is 2. The number of hydrogen-bond acceptors (Lipinski definition) is 7. The first-order valence-electron chi connectivity index (χ1n) is 18.7.